The molecule has 1 aromatic heterocycles. The van der Waals surface area contributed by atoms with Gasteiger partial charge in [-0.05, 0) is 35.7 Å². The summed E-state index contributed by atoms with van der Waals surface area (Å²) in [4.78, 5) is 8.11. The van der Waals surface area contributed by atoms with Gasteiger partial charge in [0.1, 0.15) is 17.3 Å². The second-order valence-electron chi connectivity index (χ2n) is 7.11. The molecule has 3 N–H and O–H groups in total. The number of aromatic nitrogens is 2. The summed E-state index contributed by atoms with van der Waals surface area (Å²) in [5.41, 5.74) is 8.10. The van der Waals surface area contributed by atoms with Crippen LogP contribution < -0.4 is 10.5 Å². The number of hydrogen-bond acceptors (Lipinski definition) is 5. The van der Waals surface area contributed by atoms with E-state index < -0.39 is 15.8 Å². The van der Waals surface area contributed by atoms with Crippen molar-refractivity contribution in [2.45, 2.75) is 11.3 Å². The highest BCUT2D eigenvalue weighted by molar-refractivity contribution is 7.89. The van der Waals surface area contributed by atoms with Gasteiger partial charge in [-0.1, -0.05) is 54.6 Å². The predicted octanol–water partition coefficient (Wildman–Crippen LogP) is 4.05. The van der Waals surface area contributed by atoms with Crippen LogP contribution in [0.15, 0.2) is 90.1 Å². The van der Waals surface area contributed by atoms with E-state index in [1.807, 2.05) is 30.3 Å². The first-order valence-electron chi connectivity index (χ1n) is 9.95. The van der Waals surface area contributed by atoms with Gasteiger partial charge >= 0.3 is 0 Å². The lowest BCUT2D eigenvalue weighted by atomic mass is 10.0. The Kier molecular flexibility index (Phi) is 6.25. The second kappa shape index (κ2) is 9.25. The van der Waals surface area contributed by atoms with Crippen LogP contribution in [0.1, 0.15) is 5.56 Å². The van der Waals surface area contributed by atoms with E-state index in [9.17, 15) is 12.8 Å². The fourth-order valence-corrected chi connectivity index (χ4v) is 4.68. The molecule has 0 aliphatic rings. The number of nitrogen functional groups attached to an aromatic ring is 1. The van der Waals surface area contributed by atoms with Crippen LogP contribution in [-0.2, 0) is 16.4 Å². The first-order chi connectivity index (χ1) is 15.5. The number of sulfonamides is 1. The molecule has 0 aliphatic carbocycles. The van der Waals surface area contributed by atoms with Crippen LogP contribution in [0, 0.1) is 5.82 Å². The third-order valence-electron chi connectivity index (χ3n) is 4.99. The van der Waals surface area contributed by atoms with Gasteiger partial charge in [-0.15, -0.1) is 0 Å². The molecule has 4 aromatic rings. The van der Waals surface area contributed by atoms with Crippen LogP contribution in [0.25, 0.3) is 22.4 Å². The summed E-state index contributed by atoms with van der Waals surface area (Å²) in [6, 6.07) is 20.6. The van der Waals surface area contributed by atoms with Crippen LogP contribution >= 0.6 is 0 Å². The van der Waals surface area contributed by atoms with Crippen LogP contribution in [0.2, 0.25) is 0 Å². The van der Waals surface area contributed by atoms with Crippen molar-refractivity contribution in [1.82, 2.24) is 14.7 Å². The maximum absolute atomic E-state index is 14.9. The van der Waals surface area contributed by atoms with E-state index in [-0.39, 0.29) is 28.5 Å². The highest BCUT2D eigenvalue weighted by Gasteiger charge is 2.20. The molecule has 8 heteroatoms. The number of hydrogen-bond donors (Lipinski definition) is 2. The molecule has 0 bridgehead atoms. The zero-order valence-corrected chi connectivity index (χ0v) is 17.9. The summed E-state index contributed by atoms with van der Waals surface area (Å²) in [7, 11) is -3.81. The van der Waals surface area contributed by atoms with E-state index >= 15 is 0 Å². The highest BCUT2D eigenvalue weighted by Crippen LogP contribution is 2.32. The highest BCUT2D eigenvalue weighted by atomic mass is 32.2. The Labute approximate surface area is 186 Å². The molecule has 3 aromatic carbocycles. The number of nitrogens with one attached hydrogen (secondary N) is 1. The third-order valence-corrected chi connectivity index (χ3v) is 6.51. The van der Waals surface area contributed by atoms with Crippen LogP contribution in [0.4, 0.5) is 10.2 Å². The molecule has 0 unspecified atom stereocenters. The van der Waals surface area contributed by atoms with Crippen LogP contribution in [0.3, 0.4) is 0 Å². The SMILES string of the molecule is Nc1nccnc1-c1ccc(-c2ccccc2S(=O)(=O)NCCc2ccccc2)cc1F. The molecule has 0 radical (unpaired) electrons. The monoisotopic (exact) mass is 448 g/mol. The fraction of sp³-hybridized carbons (Fsp3) is 0.0833. The molecule has 1 heterocycles. The van der Waals surface area contributed by atoms with Crippen molar-refractivity contribution in [2.75, 3.05) is 12.3 Å². The normalized spacial score (nSPS) is 11.4. The van der Waals surface area contributed by atoms with E-state index in [0.717, 1.165) is 5.56 Å². The van der Waals surface area contributed by atoms with Crippen molar-refractivity contribution in [3.8, 4) is 22.4 Å². The minimum atomic E-state index is -3.81. The molecule has 162 valence electrons. The Hall–Kier alpha value is -3.62. The van der Waals surface area contributed by atoms with Gasteiger partial charge in [0.15, 0.2) is 0 Å². The maximum atomic E-state index is 14.9. The smallest absolute Gasteiger partial charge is 0.241 e. The molecule has 0 amide bonds. The Balaban J connectivity index is 1.62. The van der Waals surface area contributed by atoms with Gasteiger partial charge in [0.25, 0.3) is 0 Å². The van der Waals surface area contributed by atoms with E-state index in [2.05, 4.69) is 14.7 Å². The van der Waals surface area contributed by atoms with Gasteiger partial charge in [0, 0.05) is 30.1 Å². The molecule has 32 heavy (non-hydrogen) atoms. The molecule has 0 aliphatic heterocycles. The van der Waals surface area contributed by atoms with E-state index in [1.165, 1.54) is 30.6 Å². The van der Waals surface area contributed by atoms with Gasteiger partial charge in [-0.3, -0.25) is 4.98 Å². The Bertz CT molecular complexity index is 1350. The van der Waals surface area contributed by atoms with E-state index in [0.29, 0.717) is 17.5 Å². The number of rotatable bonds is 7. The first-order valence-corrected chi connectivity index (χ1v) is 11.4. The summed E-state index contributed by atoms with van der Waals surface area (Å²) in [5, 5.41) is 0. The van der Waals surface area contributed by atoms with E-state index in [4.69, 9.17) is 5.73 Å². The number of benzene rings is 3. The quantitative estimate of drug-likeness (QED) is 0.444. The molecule has 0 spiro atoms. The van der Waals surface area contributed by atoms with Gasteiger partial charge in [0.05, 0.1) is 4.90 Å². The minimum Gasteiger partial charge on any atom is -0.382 e. The van der Waals surface area contributed by atoms with Gasteiger partial charge in [-0.2, -0.15) is 0 Å². The number of halogens is 1. The molecule has 0 saturated heterocycles. The van der Waals surface area contributed by atoms with Crippen LogP contribution in [-0.4, -0.2) is 24.9 Å². The molecule has 0 saturated carbocycles. The lowest BCUT2D eigenvalue weighted by Crippen LogP contribution is -2.26. The van der Waals surface area contributed by atoms with Crippen molar-refractivity contribution in [1.29, 1.82) is 0 Å². The summed E-state index contributed by atoms with van der Waals surface area (Å²) in [6.07, 6.45) is 3.42. The van der Waals surface area contributed by atoms with Crippen molar-refractivity contribution in [3.63, 3.8) is 0 Å². The van der Waals surface area contributed by atoms with Gasteiger partial charge < -0.3 is 5.73 Å². The van der Waals surface area contributed by atoms with Crippen molar-refractivity contribution >= 4 is 15.8 Å². The first kappa shape index (κ1) is 21.6. The zero-order chi connectivity index (χ0) is 22.6. The number of nitrogens with zero attached hydrogens (tertiary/aromatic N) is 2. The average molecular weight is 449 g/mol. The minimum absolute atomic E-state index is 0.0826. The summed E-state index contributed by atoms with van der Waals surface area (Å²) in [5.74, 6) is -0.455. The third kappa shape index (κ3) is 4.66. The van der Waals surface area contributed by atoms with Crippen LogP contribution in [0.5, 0.6) is 0 Å². The molecular formula is C24H21FN4O2S. The Morgan fingerprint density at radius 3 is 2.34 bits per heavy atom. The Morgan fingerprint density at radius 2 is 1.59 bits per heavy atom. The summed E-state index contributed by atoms with van der Waals surface area (Å²) < 4.78 is 43.6. The standard InChI is InChI=1S/C24H21FN4O2S/c25-21-16-18(10-11-20(21)23-24(26)28-15-14-27-23)19-8-4-5-9-22(19)32(30,31)29-13-12-17-6-2-1-3-7-17/h1-11,14-16,29H,12-13H2,(H2,26,28). The molecular weight excluding hydrogens is 427 g/mol. The topological polar surface area (TPSA) is 98.0 Å². The maximum Gasteiger partial charge on any atom is 0.241 e. The average Bonchev–Trinajstić information content (AvgIpc) is 2.80. The van der Waals surface area contributed by atoms with Crippen molar-refractivity contribution in [3.05, 3.63) is 96.6 Å². The largest absolute Gasteiger partial charge is 0.382 e. The fourth-order valence-electron chi connectivity index (χ4n) is 3.42. The molecule has 4 rings (SSSR count). The van der Waals surface area contributed by atoms with Gasteiger partial charge in [0.2, 0.25) is 10.0 Å². The lowest BCUT2D eigenvalue weighted by Gasteiger charge is -2.13. The number of nitrogens with two attached hydrogens (primary N) is 1. The van der Waals surface area contributed by atoms with Crippen molar-refractivity contribution in [2.24, 2.45) is 0 Å². The van der Waals surface area contributed by atoms with E-state index in [1.54, 1.807) is 24.3 Å². The zero-order valence-electron chi connectivity index (χ0n) is 17.1. The summed E-state index contributed by atoms with van der Waals surface area (Å²) in [6.45, 7) is 0.250. The molecule has 0 fully saturated rings. The van der Waals surface area contributed by atoms with Crippen molar-refractivity contribution < 1.29 is 12.8 Å². The lowest BCUT2D eigenvalue weighted by molar-refractivity contribution is 0.582. The molecule has 0 atom stereocenters. The number of anilines is 1. The summed E-state index contributed by atoms with van der Waals surface area (Å²) >= 11 is 0. The van der Waals surface area contributed by atoms with Gasteiger partial charge in [-0.25, -0.2) is 22.5 Å². The predicted molar refractivity (Wildman–Crippen MR) is 123 cm³/mol. The molecule has 6 nitrogen and oxygen atoms in total. The second-order valence-corrected chi connectivity index (χ2v) is 8.85. The Morgan fingerprint density at radius 1 is 0.875 bits per heavy atom.